The number of hydrogen-bond acceptors (Lipinski definition) is 7. The normalized spacial score (nSPS) is 13.8. The first-order valence-corrected chi connectivity index (χ1v) is 8.96. The van der Waals surface area contributed by atoms with E-state index < -0.39 is 5.97 Å². The van der Waals surface area contributed by atoms with Crippen LogP contribution in [0.5, 0.6) is 0 Å². The first-order valence-electron chi connectivity index (χ1n) is 8.96. The molecule has 1 N–H and O–H groups in total. The summed E-state index contributed by atoms with van der Waals surface area (Å²) < 4.78 is 4.93. The maximum Gasteiger partial charge on any atom is 0.338 e. The topological polar surface area (TPSA) is 105 Å². The number of anilines is 2. The Morgan fingerprint density at radius 1 is 1.14 bits per heavy atom. The minimum absolute atomic E-state index is 0.234. The number of carbonyl (C=O) groups is 3. The van der Waals surface area contributed by atoms with Crippen LogP contribution >= 0.6 is 0 Å². The average Bonchev–Trinajstić information content (AvgIpc) is 2.74. The molecule has 0 radical (unpaired) electrons. The van der Waals surface area contributed by atoms with Gasteiger partial charge in [0, 0.05) is 38.1 Å². The third-order valence-corrected chi connectivity index (χ3v) is 4.28. The Kier molecular flexibility index (Phi) is 6.15. The molecule has 3 rings (SSSR count). The van der Waals surface area contributed by atoms with Gasteiger partial charge in [-0.25, -0.2) is 14.8 Å². The molecule has 0 aliphatic carbocycles. The first kappa shape index (κ1) is 19.3. The number of aromatic nitrogens is 2. The molecule has 1 saturated heterocycles. The predicted molar refractivity (Wildman–Crippen MR) is 102 cm³/mol. The van der Waals surface area contributed by atoms with Crippen LogP contribution in [0.25, 0.3) is 0 Å². The van der Waals surface area contributed by atoms with Gasteiger partial charge in [0.2, 0.25) is 12.4 Å². The fourth-order valence-corrected chi connectivity index (χ4v) is 2.75. The highest BCUT2D eigenvalue weighted by Crippen LogP contribution is 2.14. The lowest BCUT2D eigenvalue weighted by Crippen LogP contribution is -2.46. The van der Waals surface area contributed by atoms with Crippen LogP contribution in [-0.2, 0) is 9.53 Å². The van der Waals surface area contributed by atoms with Crippen LogP contribution in [0.2, 0.25) is 0 Å². The molecule has 9 nitrogen and oxygen atoms in total. The Labute approximate surface area is 162 Å². The van der Waals surface area contributed by atoms with Crippen molar-refractivity contribution in [3.05, 3.63) is 47.8 Å². The smallest absolute Gasteiger partial charge is 0.338 e. The van der Waals surface area contributed by atoms with Gasteiger partial charge < -0.3 is 19.9 Å². The van der Waals surface area contributed by atoms with E-state index in [9.17, 15) is 14.4 Å². The number of amides is 2. The Balaban J connectivity index is 1.65. The first-order chi connectivity index (χ1) is 13.6. The Hall–Kier alpha value is -3.49. The molecule has 1 fully saturated rings. The minimum atomic E-state index is -0.407. The zero-order valence-corrected chi connectivity index (χ0v) is 15.5. The number of benzene rings is 1. The number of carbonyl (C=O) groups excluding carboxylic acids is 3. The number of ether oxygens (including phenoxy) is 1. The molecule has 2 aromatic rings. The standard InChI is InChI=1S/C19H21N5O4/c1-2-28-18(27)14-3-5-15(6-4-14)21-17(26)16-7-8-20-19(22-16)24-11-9-23(13-25)10-12-24/h3-8,13H,2,9-12H2,1H3,(H,21,26). The van der Waals surface area contributed by atoms with Crippen LogP contribution in [0.4, 0.5) is 11.6 Å². The summed E-state index contributed by atoms with van der Waals surface area (Å²) in [4.78, 5) is 47.2. The molecule has 0 unspecified atom stereocenters. The molecule has 0 spiro atoms. The van der Waals surface area contributed by atoms with Crippen molar-refractivity contribution < 1.29 is 19.1 Å². The Morgan fingerprint density at radius 2 is 1.86 bits per heavy atom. The van der Waals surface area contributed by atoms with Gasteiger partial charge in [-0.3, -0.25) is 9.59 Å². The number of esters is 1. The maximum atomic E-state index is 12.5. The third-order valence-electron chi connectivity index (χ3n) is 4.28. The molecule has 2 amide bonds. The van der Waals surface area contributed by atoms with Crippen molar-refractivity contribution in [2.45, 2.75) is 6.92 Å². The zero-order valence-electron chi connectivity index (χ0n) is 15.5. The van der Waals surface area contributed by atoms with Crippen LogP contribution in [0.15, 0.2) is 36.5 Å². The lowest BCUT2D eigenvalue weighted by Gasteiger charge is -2.32. The summed E-state index contributed by atoms with van der Waals surface area (Å²) in [7, 11) is 0. The van der Waals surface area contributed by atoms with Crippen molar-refractivity contribution in [1.82, 2.24) is 14.9 Å². The Morgan fingerprint density at radius 3 is 2.50 bits per heavy atom. The quantitative estimate of drug-likeness (QED) is 0.590. The van der Waals surface area contributed by atoms with Crippen LogP contribution in [-0.4, -0.2) is 65.9 Å². The fraction of sp³-hybridized carbons (Fsp3) is 0.316. The second-order valence-corrected chi connectivity index (χ2v) is 6.12. The lowest BCUT2D eigenvalue weighted by atomic mass is 10.2. The molecule has 28 heavy (non-hydrogen) atoms. The molecule has 1 aliphatic rings. The van der Waals surface area contributed by atoms with Crippen molar-refractivity contribution in [1.29, 1.82) is 0 Å². The highest BCUT2D eigenvalue weighted by Gasteiger charge is 2.19. The maximum absolute atomic E-state index is 12.5. The van der Waals surface area contributed by atoms with E-state index in [1.165, 1.54) is 12.3 Å². The van der Waals surface area contributed by atoms with Crippen LogP contribution in [0, 0.1) is 0 Å². The van der Waals surface area contributed by atoms with Crippen LogP contribution in [0.3, 0.4) is 0 Å². The van der Waals surface area contributed by atoms with Crippen molar-refractivity contribution in [3.8, 4) is 0 Å². The van der Waals surface area contributed by atoms with E-state index >= 15 is 0 Å². The van der Waals surface area contributed by atoms with E-state index in [4.69, 9.17) is 4.74 Å². The van der Waals surface area contributed by atoms with Gasteiger partial charge in [0.25, 0.3) is 5.91 Å². The van der Waals surface area contributed by atoms with E-state index in [2.05, 4.69) is 15.3 Å². The predicted octanol–water partition coefficient (Wildman–Crippen LogP) is 1.18. The monoisotopic (exact) mass is 383 g/mol. The molecule has 0 saturated carbocycles. The zero-order chi connectivity index (χ0) is 19.9. The second-order valence-electron chi connectivity index (χ2n) is 6.12. The third kappa shape index (κ3) is 4.61. The van der Waals surface area contributed by atoms with Gasteiger partial charge in [0.05, 0.1) is 12.2 Å². The molecular weight excluding hydrogens is 362 g/mol. The van der Waals surface area contributed by atoms with Crippen LogP contribution in [0.1, 0.15) is 27.8 Å². The van der Waals surface area contributed by atoms with Gasteiger partial charge in [-0.1, -0.05) is 0 Å². The van der Waals surface area contributed by atoms with Crippen molar-refractivity contribution in [2.24, 2.45) is 0 Å². The van der Waals surface area contributed by atoms with E-state index in [0.29, 0.717) is 50.0 Å². The number of rotatable bonds is 6. The number of piperazine rings is 1. The number of nitrogens with one attached hydrogen (secondary N) is 1. The van der Waals surface area contributed by atoms with Gasteiger partial charge in [-0.05, 0) is 37.3 Å². The molecule has 1 aromatic carbocycles. The highest BCUT2D eigenvalue weighted by molar-refractivity contribution is 6.03. The molecular formula is C19H21N5O4. The summed E-state index contributed by atoms with van der Waals surface area (Å²) in [6.45, 7) is 4.45. The van der Waals surface area contributed by atoms with Gasteiger partial charge >= 0.3 is 5.97 Å². The van der Waals surface area contributed by atoms with E-state index in [-0.39, 0.29) is 11.6 Å². The SMILES string of the molecule is CCOC(=O)c1ccc(NC(=O)c2ccnc(N3CCN(C=O)CC3)n2)cc1. The highest BCUT2D eigenvalue weighted by atomic mass is 16.5. The summed E-state index contributed by atoms with van der Waals surface area (Å²) >= 11 is 0. The summed E-state index contributed by atoms with van der Waals surface area (Å²) in [6, 6.07) is 7.97. The summed E-state index contributed by atoms with van der Waals surface area (Å²) in [5, 5.41) is 2.75. The molecule has 1 aromatic heterocycles. The Bertz CT molecular complexity index is 848. The molecule has 0 bridgehead atoms. The molecule has 146 valence electrons. The molecule has 1 aliphatic heterocycles. The summed E-state index contributed by atoms with van der Waals surface area (Å²) in [5.41, 5.74) is 1.19. The molecule has 2 heterocycles. The number of hydrogen-bond donors (Lipinski definition) is 1. The molecule has 0 atom stereocenters. The largest absolute Gasteiger partial charge is 0.462 e. The lowest BCUT2D eigenvalue weighted by molar-refractivity contribution is -0.118. The van der Waals surface area contributed by atoms with Gasteiger partial charge in [-0.2, -0.15) is 0 Å². The molecule has 9 heteroatoms. The van der Waals surface area contributed by atoms with Gasteiger partial charge in [0.1, 0.15) is 5.69 Å². The van der Waals surface area contributed by atoms with Gasteiger partial charge in [-0.15, -0.1) is 0 Å². The van der Waals surface area contributed by atoms with E-state index in [1.807, 2.05) is 4.90 Å². The van der Waals surface area contributed by atoms with Crippen molar-refractivity contribution >= 4 is 29.9 Å². The van der Waals surface area contributed by atoms with E-state index in [1.54, 1.807) is 36.1 Å². The van der Waals surface area contributed by atoms with Gasteiger partial charge in [0.15, 0.2) is 0 Å². The van der Waals surface area contributed by atoms with Crippen molar-refractivity contribution in [3.63, 3.8) is 0 Å². The summed E-state index contributed by atoms with van der Waals surface area (Å²) in [5.74, 6) is -0.328. The second kappa shape index (κ2) is 8.94. The number of nitrogens with zero attached hydrogens (tertiary/aromatic N) is 4. The van der Waals surface area contributed by atoms with Crippen LogP contribution < -0.4 is 10.2 Å². The summed E-state index contributed by atoms with van der Waals surface area (Å²) in [6.07, 6.45) is 2.36. The van der Waals surface area contributed by atoms with Crippen molar-refractivity contribution in [2.75, 3.05) is 43.0 Å². The average molecular weight is 383 g/mol. The fourth-order valence-electron chi connectivity index (χ4n) is 2.75. The van der Waals surface area contributed by atoms with E-state index in [0.717, 1.165) is 6.41 Å². The minimum Gasteiger partial charge on any atom is -0.462 e.